The van der Waals surface area contributed by atoms with E-state index in [4.69, 9.17) is 4.74 Å². The molecule has 0 saturated heterocycles. The zero-order valence-corrected chi connectivity index (χ0v) is 11.9. The summed E-state index contributed by atoms with van der Waals surface area (Å²) in [6.45, 7) is 4.50. The second-order valence-corrected chi connectivity index (χ2v) is 4.65. The molecule has 3 rings (SSSR count). The Labute approximate surface area is 122 Å². The van der Waals surface area contributed by atoms with Crippen LogP contribution in [0, 0.1) is 11.3 Å². The molecule has 3 aromatic heterocycles. The molecular weight excluding hydrogens is 266 g/mol. The predicted octanol–water partition coefficient (Wildman–Crippen LogP) is 2.62. The molecule has 0 aliphatic heterocycles. The number of fused-ring (bicyclic) bond motifs is 1. The van der Waals surface area contributed by atoms with Gasteiger partial charge in [-0.25, -0.2) is 9.20 Å². The Balaban J connectivity index is 2.12. The largest absolute Gasteiger partial charge is 0.357 e. The van der Waals surface area contributed by atoms with E-state index in [-0.39, 0.29) is 6.23 Å². The molecule has 3 heterocycles. The zero-order valence-electron chi connectivity index (χ0n) is 11.9. The predicted molar refractivity (Wildman–Crippen MR) is 77.5 cm³/mol. The maximum atomic E-state index is 9.33. The van der Waals surface area contributed by atoms with Crippen molar-refractivity contribution in [2.45, 2.75) is 20.1 Å². The Bertz CT molecular complexity index is 811. The second kappa shape index (κ2) is 5.38. The summed E-state index contributed by atoms with van der Waals surface area (Å²) in [5.41, 5.74) is 3.14. The average molecular weight is 281 g/mol. The number of rotatable bonds is 4. The fourth-order valence-electron chi connectivity index (χ4n) is 2.37. The van der Waals surface area contributed by atoms with Gasteiger partial charge in [0.1, 0.15) is 12.3 Å². The maximum Gasteiger partial charge on any atom is 0.147 e. The van der Waals surface area contributed by atoms with Crippen molar-refractivity contribution < 1.29 is 4.74 Å². The van der Waals surface area contributed by atoms with Gasteiger partial charge in [-0.05, 0) is 26.0 Å². The molecule has 106 valence electrons. The summed E-state index contributed by atoms with van der Waals surface area (Å²) in [5.74, 6) is 0. The lowest BCUT2D eigenvalue weighted by atomic mass is 10.1. The van der Waals surface area contributed by atoms with Crippen LogP contribution in [0.1, 0.15) is 25.6 Å². The third kappa shape index (κ3) is 2.28. The summed E-state index contributed by atoms with van der Waals surface area (Å²) in [6, 6.07) is 6.04. The highest BCUT2D eigenvalue weighted by molar-refractivity contribution is 5.84. The highest BCUT2D eigenvalue weighted by Crippen LogP contribution is 2.28. The third-order valence-electron chi connectivity index (χ3n) is 3.36. The lowest BCUT2D eigenvalue weighted by Gasteiger charge is -2.11. The Morgan fingerprint density at radius 3 is 3.00 bits per heavy atom. The van der Waals surface area contributed by atoms with Crippen molar-refractivity contribution in [3.05, 3.63) is 42.5 Å². The summed E-state index contributed by atoms with van der Waals surface area (Å²) in [7, 11) is 0. The fraction of sp³-hybridized carbons (Fsp3) is 0.267. The molecule has 0 bridgehead atoms. The van der Waals surface area contributed by atoms with E-state index in [1.54, 1.807) is 21.6 Å². The molecule has 0 radical (unpaired) electrons. The van der Waals surface area contributed by atoms with Gasteiger partial charge in [0.05, 0.1) is 23.5 Å². The van der Waals surface area contributed by atoms with Crippen molar-refractivity contribution in [3.8, 4) is 17.2 Å². The van der Waals surface area contributed by atoms with E-state index in [0.717, 1.165) is 16.6 Å². The molecule has 0 saturated carbocycles. The second-order valence-electron chi connectivity index (χ2n) is 4.65. The van der Waals surface area contributed by atoms with Crippen molar-refractivity contribution in [1.82, 2.24) is 19.4 Å². The molecule has 0 aromatic carbocycles. The quantitative estimate of drug-likeness (QED) is 0.737. The van der Waals surface area contributed by atoms with Crippen LogP contribution in [0.5, 0.6) is 0 Å². The van der Waals surface area contributed by atoms with Crippen molar-refractivity contribution in [2.24, 2.45) is 0 Å². The first-order valence-corrected chi connectivity index (χ1v) is 6.77. The van der Waals surface area contributed by atoms with Crippen molar-refractivity contribution in [1.29, 1.82) is 5.26 Å². The molecule has 6 nitrogen and oxygen atoms in total. The first kappa shape index (κ1) is 13.3. The van der Waals surface area contributed by atoms with Gasteiger partial charge in [-0.1, -0.05) is 0 Å². The standard InChI is InChI=1S/C15H15N5O/c1-3-21-11(2)20-10-13(9-18-20)15-12(7-16)8-17-19-6-4-5-14(15)19/h4-6,8-11H,3H2,1-2H3. The van der Waals surface area contributed by atoms with Gasteiger partial charge in [0, 0.05) is 30.1 Å². The summed E-state index contributed by atoms with van der Waals surface area (Å²) in [4.78, 5) is 0. The Hall–Kier alpha value is -2.65. The van der Waals surface area contributed by atoms with Crippen molar-refractivity contribution >= 4 is 5.52 Å². The van der Waals surface area contributed by atoms with Gasteiger partial charge in [-0.15, -0.1) is 0 Å². The monoisotopic (exact) mass is 281 g/mol. The van der Waals surface area contributed by atoms with Gasteiger partial charge in [-0.2, -0.15) is 15.5 Å². The molecule has 0 spiro atoms. The number of nitrogens with zero attached hydrogens (tertiary/aromatic N) is 5. The highest BCUT2D eigenvalue weighted by atomic mass is 16.5. The van der Waals surface area contributed by atoms with E-state index in [2.05, 4.69) is 16.3 Å². The van der Waals surface area contributed by atoms with Crippen LogP contribution in [-0.4, -0.2) is 26.0 Å². The fourth-order valence-corrected chi connectivity index (χ4v) is 2.37. The van der Waals surface area contributed by atoms with E-state index in [9.17, 15) is 5.26 Å². The number of hydrogen-bond donors (Lipinski definition) is 0. The van der Waals surface area contributed by atoms with Crippen LogP contribution in [-0.2, 0) is 4.74 Å². The van der Waals surface area contributed by atoms with Gasteiger partial charge in [-0.3, -0.25) is 0 Å². The maximum absolute atomic E-state index is 9.33. The van der Waals surface area contributed by atoms with Gasteiger partial charge >= 0.3 is 0 Å². The van der Waals surface area contributed by atoms with Gasteiger partial charge in [0.15, 0.2) is 0 Å². The Kier molecular flexibility index (Phi) is 3.42. The van der Waals surface area contributed by atoms with Crippen molar-refractivity contribution in [2.75, 3.05) is 6.61 Å². The molecule has 0 aliphatic carbocycles. The molecule has 1 unspecified atom stereocenters. The van der Waals surface area contributed by atoms with Gasteiger partial charge in [0.25, 0.3) is 0 Å². The van der Waals surface area contributed by atoms with Crippen LogP contribution in [0.3, 0.4) is 0 Å². The number of ether oxygens (including phenoxy) is 1. The Morgan fingerprint density at radius 2 is 2.24 bits per heavy atom. The van der Waals surface area contributed by atoms with E-state index in [1.165, 1.54) is 0 Å². The molecule has 0 aliphatic rings. The van der Waals surface area contributed by atoms with Crippen LogP contribution in [0.25, 0.3) is 16.6 Å². The summed E-state index contributed by atoms with van der Waals surface area (Å²) in [6.07, 6.45) is 6.93. The molecular formula is C15H15N5O. The van der Waals surface area contributed by atoms with E-state index < -0.39 is 0 Å². The lowest BCUT2D eigenvalue weighted by molar-refractivity contribution is 0.0160. The van der Waals surface area contributed by atoms with E-state index >= 15 is 0 Å². The SMILES string of the molecule is CCOC(C)n1cc(-c2c(C#N)cnn3cccc23)cn1. The molecule has 0 N–H and O–H groups in total. The minimum absolute atomic E-state index is 0.140. The number of aromatic nitrogens is 4. The smallest absolute Gasteiger partial charge is 0.147 e. The molecule has 0 fully saturated rings. The summed E-state index contributed by atoms with van der Waals surface area (Å²) in [5, 5.41) is 17.9. The highest BCUT2D eigenvalue weighted by Gasteiger charge is 2.14. The summed E-state index contributed by atoms with van der Waals surface area (Å²) >= 11 is 0. The van der Waals surface area contributed by atoms with Crippen LogP contribution >= 0.6 is 0 Å². The normalized spacial score (nSPS) is 12.4. The summed E-state index contributed by atoms with van der Waals surface area (Å²) < 4.78 is 9.02. The van der Waals surface area contributed by atoms with Crippen LogP contribution in [0.2, 0.25) is 0 Å². The first-order valence-electron chi connectivity index (χ1n) is 6.77. The minimum Gasteiger partial charge on any atom is -0.357 e. The number of hydrogen-bond acceptors (Lipinski definition) is 4. The lowest BCUT2D eigenvalue weighted by Crippen LogP contribution is -2.09. The molecule has 6 heteroatoms. The Morgan fingerprint density at radius 1 is 1.38 bits per heavy atom. The molecule has 21 heavy (non-hydrogen) atoms. The molecule has 0 amide bonds. The first-order chi connectivity index (χ1) is 10.2. The van der Waals surface area contributed by atoms with E-state index in [1.807, 2.05) is 38.4 Å². The topological polar surface area (TPSA) is 68.1 Å². The zero-order chi connectivity index (χ0) is 14.8. The van der Waals surface area contributed by atoms with Crippen LogP contribution < -0.4 is 0 Å². The average Bonchev–Trinajstić information content (AvgIpc) is 3.15. The number of nitriles is 1. The molecule has 3 aromatic rings. The van der Waals surface area contributed by atoms with E-state index in [0.29, 0.717) is 12.2 Å². The van der Waals surface area contributed by atoms with Crippen LogP contribution in [0.15, 0.2) is 36.9 Å². The van der Waals surface area contributed by atoms with Gasteiger partial charge < -0.3 is 4.74 Å². The third-order valence-corrected chi connectivity index (χ3v) is 3.36. The van der Waals surface area contributed by atoms with Gasteiger partial charge in [0.2, 0.25) is 0 Å². The van der Waals surface area contributed by atoms with Crippen molar-refractivity contribution in [3.63, 3.8) is 0 Å². The minimum atomic E-state index is -0.140. The van der Waals surface area contributed by atoms with Crippen LogP contribution in [0.4, 0.5) is 0 Å². The molecule has 1 atom stereocenters.